The number of benzene rings is 1. The van der Waals surface area contributed by atoms with Crippen LogP contribution < -0.4 is 5.32 Å². The molecule has 1 amide bonds. The van der Waals surface area contributed by atoms with E-state index in [-0.39, 0.29) is 23.6 Å². The van der Waals surface area contributed by atoms with Gasteiger partial charge in [-0.25, -0.2) is 4.39 Å². The lowest BCUT2D eigenvalue weighted by atomic mass is 10.2. The molecular formula is C15H21ClFNO2S. The van der Waals surface area contributed by atoms with Gasteiger partial charge in [-0.1, -0.05) is 17.7 Å². The van der Waals surface area contributed by atoms with E-state index in [0.717, 1.165) is 6.42 Å². The number of hydrogen-bond acceptors (Lipinski definition) is 3. The predicted octanol–water partition coefficient (Wildman–Crippen LogP) is 3.64. The van der Waals surface area contributed by atoms with Crippen molar-refractivity contribution in [2.45, 2.75) is 32.1 Å². The van der Waals surface area contributed by atoms with Gasteiger partial charge in [0.25, 0.3) is 0 Å². The average molecular weight is 334 g/mol. The summed E-state index contributed by atoms with van der Waals surface area (Å²) in [5, 5.41) is 3.20. The minimum absolute atomic E-state index is 0.0583. The molecule has 6 heteroatoms. The molecule has 0 unspecified atom stereocenters. The monoisotopic (exact) mass is 333 g/mol. The summed E-state index contributed by atoms with van der Waals surface area (Å²) in [4.78, 5) is 11.6. The van der Waals surface area contributed by atoms with Gasteiger partial charge in [-0.2, -0.15) is 0 Å². The first kappa shape index (κ1) is 18.3. The number of carbonyl (C=O) groups is 1. The fourth-order valence-corrected chi connectivity index (χ4v) is 2.78. The largest absolute Gasteiger partial charge is 0.379 e. The molecule has 0 saturated heterocycles. The number of nitrogens with one attached hydrogen (secondary N) is 1. The predicted molar refractivity (Wildman–Crippen MR) is 86.3 cm³/mol. The van der Waals surface area contributed by atoms with Crippen LogP contribution in [-0.4, -0.2) is 30.9 Å². The standard InChI is InChI=1S/C15H21ClFNO2S/c1-11(2)20-8-4-7-18-15(19)10-21-9-12-13(16)5-3-6-14(12)17/h3,5-6,11H,4,7-10H2,1-2H3,(H,18,19). The van der Waals surface area contributed by atoms with Crippen LogP contribution in [0.2, 0.25) is 5.02 Å². The van der Waals surface area contributed by atoms with Gasteiger partial charge in [0.1, 0.15) is 5.82 Å². The molecule has 21 heavy (non-hydrogen) atoms. The minimum Gasteiger partial charge on any atom is -0.379 e. The molecule has 1 rings (SSSR count). The SMILES string of the molecule is CC(C)OCCCNC(=O)CSCc1c(F)cccc1Cl. The van der Waals surface area contributed by atoms with Crippen molar-refractivity contribution in [1.82, 2.24) is 5.32 Å². The number of ether oxygens (including phenoxy) is 1. The van der Waals surface area contributed by atoms with Crippen LogP contribution in [0, 0.1) is 5.82 Å². The van der Waals surface area contributed by atoms with Gasteiger partial charge in [0.2, 0.25) is 5.91 Å². The van der Waals surface area contributed by atoms with Gasteiger partial charge in [0, 0.05) is 29.5 Å². The molecule has 0 bridgehead atoms. The molecule has 3 nitrogen and oxygen atoms in total. The van der Waals surface area contributed by atoms with Crippen molar-refractivity contribution in [2.24, 2.45) is 0 Å². The summed E-state index contributed by atoms with van der Waals surface area (Å²) < 4.78 is 18.9. The van der Waals surface area contributed by atoms with Gasteiger partial charge < -0.3 is 10.1 Å². The third-order valence-corrected chi connectivity index (χ3v) is 3.95. The summed E-state index contributed by atoms with van der Waals surface area (Å²) in [6, 6.07) is 4.59. The van der Waals surface area contributed by atoms with Crippen molar-refractivity contribution >= 4 is 29.3 Å². The van der Waals surface area contributed by atoms with Gasteiger partial charge in [-0.05, 0) is 32.4 Å². The fraction of sp³-hybridized carbons (Fsp3) is 0.533. The zero-order valence-corrected chi connectivity index (χ0v) is 13.9. The van der Waals surface area contributed by atoms with Crippen LogP contribution in [0.15, 0.2) is 18.2 Å². The molecule has 1 aromatic rings. The van der Waals surface area contributed by atoms with Crippen molar-refractivity contribution in [3.8, 4) is 0 Å². The van der Waals surface area contributed by atoms with Crippen LogP contribution in [-0.2, 0) is 15.3 Å². The highest BCUT2D eigenvalue weighted by Gasteiger charge is 2.08. The topological polar surface area (TPSA) is 38.3 Å². The lowest BCUT2D eigenvalue weighted by Crippen LogP contribution is -2.27. The Bertz CT molecular complexity index is 437. The van der Waals surface area contributed by atoms with E-state index in [2.05, 4.69) is 5.32 Å². The quantitative estimate of drug-likeness (QED) is 0.701. The Balaban J connectivity index is 2.16. The molecule has 0 heterocycles. The van der Waals surface area contributed by atoms with Gasteiger partial charge >= 0.3 is 0 Å². The number of carbonyl (C=O) groups excluding carboxylic acids is 1. The van der Waals surface area contributed by atoms with E-state index in [1.54, 1.807) is 12.1 Å². The summed E-state index contributed by atoms with van der Waals surface area (Å²) in [5.41, 5.74) is 0.447. The molecule has 0 aromatic heterocycles. The summed E-state index contributed by atoms with van der Waals surface area (Å²) >= 11 is 7.26. The molecule has 0 aliphatic heterocycles. The van der Waals surface area contributed by atoms with Crippen LogP contribution >= 0.6 is 23.4 Å². The first-order valence-corrected chi connectivity index (χ1v) is 8.43. The molecule has 0 fully saturated rings. The Morgan fingerprint density at radius 3 is 2.90 bits per heavy atom. The second kappa shape index (κ2) is 10.0. The molecule has 0 radical (unpaired) electrons. The van der Waals surface area contributed by atoms with Crippen LogP contribution in [0.1, 0.15) is 25.8 Å². The Morgan fingerprint density at radius 2 is 2.24 bits per heavy atom. The third-order valence-electron chi connectivity index (χ3n) is 2.64. The molecule has 118 valence electrons. The van der Waals surface area contributed by atoms with Crippen molar-refractivity contribution in [3.05, 3.63) is 34.6 Å². The van der Waals surface area contributed by atoms with Gasteiger partial charge in [0.15, 0.2) is 0 Å². The van der Waals surface area contributed by atoms with Crippen molar-refractivity contribution in [1.29, 1.82) is 0 Å². The number of thioether (sulfide) groups is 1. The van der Waals surface area contributed by atoms with E-state index < -0.39 is 0 Å². The van der Waals surface area contributed by atoms with Crippen LogP contribution in [0.3, 0.4) is 0 Å². The number of rotatable bonds is 9. The summed E-state index contributed by atoms with van der Waals surface area (Å²) in [5.74, 6) is 0.281. The Kier molecular flexibility index (Phi) is 8.73. The Labute approximate surface area is 134 Å². The van der Waals surface area contributed by atoms with E-state index in [1.807, 2.05) is 13.8 Å². The number of hydrogen-bond donors (Lipinski definition) is 1. The molecule has 1 N–H and O–H groups in total. The van der Waals surface area contributed by atoms with Gasteiger partial charge in [0.05, 0.1) is 11.9 Å². The smallest absolute Gasteiger partial charge is 0.230 e. The lowest BCUT2D eigenvalue weighted by Gasteiger charge is -2.08. The number of halogens is 2. The van der Waals surface area contributed by atoms with Crippen LogP contribution in [0.4, 0.5) is 4.39 Å². The second-order valence-electron chi connectivity index (χ2n) is 4.82. The molecule has 1 aromatic carbocycles. The fourth-order valence-electron chi connectivity index (χ4n) is 1.59. The molecule has 0 aliphatic rings. The van der Waals surface area contributed by atoms with Crippen molar-refractivity contribution in [2.75, 3.05) is 18.9 Å². The van der Waals surface area contributed by atoms with E-state index >= 15 is 0 Å². The normalized spacial score (nSPS) is 10.9. The zero-order chi connectivity index (χ0) is 15.7. The summed E-state index contributed by atoms with van der Waals surface area (Å²) in [6.07, 6.45) is 0.995. The highest BCUT2D eigenvalue weighted by molar-refractivity contribution is 7.99. The Morgan fingerprint density at radius 1 is 1.48 bits per heavy atom. The van der Waals surface area contributed by atoms with Crippen molar-refractivity contribution < 1.29 is 13.9 Å². The molecule has 0 atom stereocenters. The molecule has 0 spiro atoms. The van der Waals surface area contributed by atoms with E-state index in [9.17, 15) is 9.18 Å². The zero-order valence-electron chi connectivity index (χ0n) is 12.3. The van der Waals surface area contributed by atoms with E-state index in [0.29, 0.717) is 29.5 Å². The lowest BCUT2D eigenvalue weighted by molar-refractivity contribution is -0.118. The minimum atomic E-state index is -0.332. The third kappa shape index (κ3) is 7.69. The highest BCUT2D eigenvalue weighted by Crippen LogP contribution is 2.23. The second-order valence-corrected chi connectivity index (χ2v) is 6.21. The average Bonchev–Trinajstić information content (AvgIpc) is 2.41. The maximum absolute atomic E-state index is 13.5. The van der Waals surface area contributed by atoms with E-state index in [1.165, 1.54) is 17.8 Å². The maximum Gasteiger partial charge on any atom is 0.230 e. The summed E-state index contributed by atoms with van der Waals surface area (Å²) in [6.45, 7) is 5.18. The first-order valence-electron chi connectivity index (χ1n) is 6.89. The Hall–Kier alpha value is -0.780. The van der Waals surface area contributed by atoms with Crippen molar-refractivity contribution in [3.63, 3.8) is 0 Å². The van der Waals surface area contributed by atoms with Crippen LogP contribution in [0.25, 0.3) is 0 Å². The first-order chi connectivity index (χ1) is 10.0. The van der Waals surface area contributed by atoms with Gasteiger partial charge in [-0.3, -0.25) is 4.79 Å². The van der Waals surface area contributed by atoms with Crippen LogP contribution in [0.5, 0.6) is 0 Å². The summed E-state index contributed by atoms with van der Waals surface area (Å²) in [7, 11) is 0. The van der Waals surface area contributed by atoms with Gasteiger partial charge in [-0.15, -0.1) is 11.8 Å². The molecule has 0 aliphatic carbocycles. The van der Waals surface area contributed by atoms with E-state index in [4.69, 9.17) is 16.3 Å². The molecular weight excluding hydrogens is 313 g/mol. The highest BCUT2D eigenvalue weighted by atomic mass is 35.5. The maximum atomic E-state index is 13.5. The number of amides is 1. The molecule has 0 saturated carbocycles.